The third-order valence-corrected chi connectivity index (χ3v) is 3.54. The van der Waals surface area contributed by atoms with Gasteiger partial charge in [-0.1, -0.05) is 29.8 Å². The number of aryl methyl sites for hydroxylation is 1. The van der Waals surface area contributed by atoms with Gasteiger partial charge in [0.15, 0.2) is 0 Å². The summed E-state index contributed by atoms with van der Waals surface area (Å²) in [7, 11) is 0. The molecule has 0 spiro atoms. The van der Waals surface area contributed by atoms with Gasteiger partial charge in [0.05, 0.1) is 16.7 Å². The van der Waals surface area contributed by atoms with Gasteiger partial charge < -0.3 is 15.3 Å². The normalized spacial score (nSPS) is 12.1. The number of carboxylic acid groups (broad SMARTS) is 1. The second-order valence-corrected chi connectivity index (χ2v) is 5.18. The lowest BCUT2D eigenvalue weighted by atomic mass is 10.00. The number of aromatic hydroxyl groups is 1. The van der Waals surface area contributed by atoms with Crippen LogP contribution in [0.4, 0.5) is 0 Å². The van der Waals surface area contributed by atoms with Crippen LogP contribution in [0.1, 0.15) is 34.0 Å². The molecule has 0 fully saturated rings. The number of aromatic carboxylic acids is 1. The fourth-order valence-electron chi connectivity index (χ4n) is 2.09. The molecular formula is C16H15ClO4. The molecule has 1 atom stereocenters. The molecule has 0 aliphatic rings. The van der Waals surface area contributed by atoms with Crippen LogP contribution < -0.4 is 0 Å². The third kappa shape index (κ3) is 3.97. The van der Waals surface area contributed by atoms with E-state index < -0.39 is 12.1 Å². The molecule has 2 aromatic carbocycles. The van der Waals surface area contributed by atoms with Crippen LogP contribution in [0.25, 0.3) is 0 Å². The van der Waals surface area contributed by atoms with Gasteiger partial charge in [-0.15, -0.1) is 0 Å². The highest BCUT2D eigenvalue weighted by Crippen LogP contribution is 2.25. The fraction of sp³-hybridized carbons (Fsp3) is 0.188. The van der Waals surface area contributed by atoms with Crippen LogP contribution in [0, 0.1) is 0 Å². The quantitative estimate of drug-likeness (QED) is 0.791. The molecule has 4 nitrogen and oxygen atoms in total. The summed E-state index contributed by atoms with van der Waals surface area (Å²) in [6, 6.07) is 11.3. The number of aliphatic hydroxyl groups excluding tert-OH is 1. The molecule has 0 aromatic heterocycles. The van der Waals surface area contributed by atoms with E-state index in [0.717, 1.165) is 5.56 Å². The number of hydrogen-bond acceptors (Lipinski definition) is 3. The average molecular weight is 307 g/mol. The van der Waals surface area contributed by atoms with Gasteiger partial charge in [-0.2, -0.15) is 0 Å². The second-order valence-electron chi connectivity index (χ2n) is 4.77. The molecule has 0 aliphatic heterocycles. The van der Waals surface area contributed by atoms with E-state index in [1.54, 1.807) is 24.3 Å². The van der Waals surface area contributed by atoms with Gasteiger partial charge in [0, 0.05) is 0 Å². The van der Waals surface area contributed by atoms with Crippen molar-refractivity contribution < 1.29 is 20.1 Å². The lowest BCUT2D eigenvalue weighted by Gasteiger charge is -2.12. The average Bonchev–Trinajstić information content (AvgIpc) is 2.44. The van der Waals surface area contributed by atoms with E-state index in [0.29, 0.717) is 18.4 Å². The summed E-state index contributed by atoms with van der Waals surface area (Å²) >= 11 is 5.88. The number of phenols is 1. The lowest BCUT2D eigenvalue weighted by molar-refractivity contribution is 0.0697. The standard InChI is InChI=1S/C16H15ClO4/c17-14-9-11(5-6-13(14)16(20)21)15(19)7-4-10-2-1-3-12(18)8-10/h1-3,5-6,8-9,15,18-19H,4,7H2,(H,20,21). The van der Waals surface area contributed by atoms with E-state index >= 15 is 0 Å². The minimum atomic E-state index is -1.10. The molecule has 110 valence electrons. The predicted molar refractivity (Wildman–Crippen MR) is 79.8 cm³/mol. The topological polar surface area (TPSA) is 77.8 Å². The number of phenolic OH excluding ortho intramolecular Hbond substituents is 1. The first kappa shape index (κ1) is 15.4. The largest absolute Gasteiger partial charge is 0.508 e. The molecule has 2 rings (SSSR count). The molecular weight excluding hydrogens is 292 g/mol. The van der Waals surface area contributed by atoms with Crippen molar-refractivity contribution >= 4 is 17.6 Å². The Morgan fingerprint density at radius 3 is 2.57 bits per heavy atom. The first-order valence-electron chi connectivity index (χ1n) is 6.46. The van der Waals surface area contributed by atoms with Crippen LogP contribution in [-0.4, -0.2) is 21.3 Å². The Bertz CT molecular complexity index is 654. The Kier molecular flexibility index (Phi) is 4.83. The van der Waals surface area contributed by atoms with Crippen LogP contribution in [0.5, 0.6) is 5.75 Å². The van der Waals surface area contributed by atoms with E-state index in [9.17, 15) is 15.0 Å². The van der Waals surface area contributed by atoms with Crippen molar-refractivity contribution in [2.75, 3.05) is 0 Å². The Morgan fingerprint density at radius 2 is 1.95 bits per heavy atom. The van der Waals surface area contributed by atoms with Crippen molar-refractivity contribution in [1.82, 2.24) is 0 Å². The van der Waals surface area contributed by atoms with Crippen LogP contribution >= 0.6 is 11.6 Å². The molecule has 1 unspecified atom stereocenters. The maximum atomic E-state index is 10.9. The zero-order valence-electron chi connectivity index (χ0n) is 11.2. The van der Waals surface area contributed by atoms with Gasteiger partial charge in [0.2, 0.25) is 0 Å². The fourth-order valence-corrected chi connectivity index (χ4v) is 2.36. The molecule has 0 radical (unpaired) electrons. The van der Waals surface area contributed by atoms with Gasteiger partial charge >= 0.3 is 5.97 Å². The van der Waals surface area contributed by atoms with Crippen molar-refractivity contribution in [3.63, 3.8) is 0 Å². The highest BCUT2D eigenvalue weighted by Gasteiger charge is 2.13. The highest BCUT2D eigenvalue weighted by atomic mass is 35.5. The Hall–Kier alpha value is -2.04. The number of carboxylic acids is 1. The number of hydrogen-bond donors (Lipinski definition) is 3. The Labute approximate surface area is 127 Å². The zero-order chi connectivity index (χ0) is 15.4. The highest BCUT2D eigenvalue weighted by molar-refractivity contribution is 6.33. The van der Waals surface area contributed by atoms with E-state index in [-0.39, 0.29) is 16.3 Å². The molecule has 3 N–H and O–H groups in total. The van der Waals surface area contributed by atoms with Gasteiger partial charge in [-0.3, -0.25) is 0 Å². The Morgan fingerprint density at radius 1 is 1.19 bits per heavy atom. The molecule has 0 saturated heterocycles. The van der Waals surface area contributed by atoms with Crippen LogP contribution in [0.2, 0.25) is 5.02 Å². The third-order valence-electron chi connectivity index (χ3n) is 3.23. The van der Waals surface area contributed by atoms with Gasteiger partial charge in [0.1, 0.15) is 5.75 Å². The van der Waals surface area contributed by atoms with Gasteiger partial charge in [-0.25, -0.2) is 4.79 Å². The van der Waals surface area contributed by atoms with E-state index in [2.05, 4.69) is 0 Å². The van der Waals surface area contributed by atoms with E-state index in [4.69, 9.17) is 16.7 Å². The monoisotopic (exact) mass is 306 g/mol. The summed E-state index contributed by atoms with van der Waals surface area (Å²) in [6.45, 7) is 0. The zero-order valence-corrected chi connectivity index (χ0v) is 11.9. The number of benzene rings is 2. The van der Waals surface area contributed by atoms with Crippen molar-refractivity contribution in [2.45, 2.75) is 18.9 Å². The van der Waals surface area contributed by atoms with Crippen molar-refractivity contribution in [1.29, 1.82) is 0 Å². The van der Waals surface area contributed by atoms with E-state index in [1.165, 1.54) is 12.1 Å². The first-order chi connectivity index (χ1) is 9.97. The van der Waals surface area contributed by atoms with Crippen molar-refractivity contribution in [3.05, 3.63) is 64.2 Å². The molecule has 0 amide bonds. The minimum absolute atomic E-state index is 0.0144. The number of halogens is 1. The van der Waals surface area contributed by atoms with Crippen molar-refractivity contribution in [3.8, 4) is 5.75 Å². The van der Waals surface area contributed by atoms with Crippen LogP contribution in [0.3, 0.4) is 0 Å². The summed E-state index contributed by atoms with van der Waals surface area (Å²) < 4.78 is 0. The molecule has 0 bridgehead atoms. The van der Waals surface area contributed by atoms with E-state index in [1.807, 2.05) is 6.07 Å². The SMILES string of the molecule is O=C(O)c1ccc(C(O)CCc2cccc(O)c2)cc1Cl. The molecule has 5 heteroatoms. The summed E-state index contributed by atoms with van der Waals surface area (Å²) in [5, 5.41) is 28.5. The van der Waals surface area contributed by atoms with Crippen molar-refractivity contribution in [2.24, 2.45) is 0 Å². The number of rotatable bonds is 5. The summed E-state index contributed by atoms with van der Waals surface area (Å²) in [4.78, 5) is 10.9. The Balaban J connectivity index is 2.05. The molecule has 21 heavy (non-hydrogen) atoms. The summed E-state index contributed by atoms with van der Waals surface area (Å²) in [5.41, 5.74) is 1.51. The molecule has 0 aliphatic carbocycles. The lowest BCUT2D eigenvalue weighted by Crippen LogP contribution is -2.02. The van der Waals surface area contributed by atoms with Gasteiger partial charge in [0.25, 0.3) is 0 Å². The maximum Gasteiger partial charge on any atom is 0.337 e. The predicted octanol–water partition coefficient (Wildman–Crippen LogP) is 3.41. The van der Waals surface area contributed by atoms with Crippen LogP contribution in [-0.2, 0) is 6.42 Å². The number of carbonyl (C=O) groups is 1. The molecule has 0 saturated carbocycles. The molecule has 2 aromatic rings. The summed E-state index contributed by atoms with van der Waals surface area (Å²) in [6.07, 6.45) is 0.299. The smallest absolute Gasteiger partial charge is 0.337 e. The second kappa shape index (κ2) is 6.61. The first-order valence-corrected chi connectivity index (χ1v) is 6.84. The van der Waals surface area contributed by atoms with Crippen LogP contribution in [0.15, 0.2) is 42.5 Å². The summed E-state index contributed by atoms with van der Waals surface area (Å²) in [5.74, 6) is -0.906. The minimum Gasteiger partial charge on any atom is -0.508 e. The maximum absolute atomic E-state index is 10.9. The number of aliphatic hydroxyl groups is 1. The van der Waals surface area contributed by atoms with Gasteiger partial charge in [-0.05, 0) is 48.2 Å². The molecule has 0 heterocycles.